The van der Waals surface area contributed by atoms with Crippen molar-refractivity contribution in [2.75, 3.05) is 0 Å². The second kappa shape index (κ2) is 8.03. The van der Waals surface area contributed by atoms with Crippen molar-refractivity contribution < 1.29 is 51.0 Å². The van der Waals surface area contributed by atoms with Crippen molar-refractivity contribution in [3.63, 3.8) is 0 Å². The number of fused-ring (bicyclic) bond motifs is 1. The summed E-state index contributed by atoms with van der Waals surface area (Å²) in [7, 11) is -0.361. The van der Waals surface area contributed by atoms with E-state index in [9.17, 15) is 0 Å². The van der Waals surface area contributed by atoms with E-state index in [1.54, 1.807) is 5.17 Å². The van der Waals surface area contributed by atoms with Gasteiger partial charge in [0.15, 0.2) is 0 Å². The van der Waals surface area contributed by atoms with Gasteiger partial charge in [-0.05, 0) is 0 Å². The maximum Gasteiger partial charge on any atom is 2.00 e. The number of hydrogen-bond donors (Lipinski definition) is 0. The van der Waals surface area contributed by atoms with Crippen molar-refractivity contribution in [2.24, 2.45) is 5.92 Å². The van der Waals surface area contributed by atoms with E-state index in [0.29, 0.717) is 11.7 Å². The van der Waals surface area contributed by atoms with E-state index >= 15 is 0 Å². The molecular weight excluding hydrogens is 369 g/mol. The van der Waals surface area contributed by atoms with Gasteiger partial charge in [0.25, 0.3) is 0 Å². The van der Waals surface area contributed by atoms with E-state index in [1.165, 1.54) is 11.0 Å². The Labute approximate surface area is 149 Å². The van der Waals surface area contributed by atoms with Crippen LogP contribution in [0.5, 0.6) is 0 Å². The van der Waals surface area contributed by atoms with Crippen LogP contribution in [0.1, 0.15) is 0 Å². The Morgan fingerprint density at radius 2 is 1.68 bits per heavy atom. The Morgan fingerprint density at radius 3 is 2.26 bits per heavy atom. The molecule has 96 valence electrons. The first-order valence-corrected chi connectivity index (χ1v) is 8.40. The first-order chi connectivity index (χ1) is 7.77. The van der Waals surface area contributed by atoms with Gasteiger partial charge >= 0.3 is 125 Å². The molecule has 5 heteroatoms. The molecule has 1 heterocycles. The summed E-state index contributed by atoms with van der Waals surface area (Å²) in [5.41, 5.74) is 2.98. The van der Waals surface area contributed by atoms with Gasteiger partial charge in [-0.3, -0.25) is 0 Å². The third-order valence-corrected chi connectivity index (χ3v) is 5.24. The summed E-state index contributed by atoms with van der Waals surface area (Å²) < 4.78 is 0. The van der Waals surface area contributed by atoms with Crippen LogP contribution >= 0.6 is 0 Å². The van der Waals surface area contributed by atoms with Crippen LogP contribution in [-0.2, 0) is 26.2 Å². The Hall–Kier alpha value is 0.445. The number of halogens is 2. The molecule has 0 aromatic heterocycles. The Morgan fingerprint density at radius 1 is 1.05 bits per heavy atom. The average Bonchev–Trinajstić information content (AvgIpc) is 2.92. The molecule has 0 nitrogen and oxygen atoms in total. The van der Waals surface area contributed by atoms with Gasteiger partial charge in [0, 0.05) is 0 Å². The molecule has 0 saturated carbocycles. The summed E-state index contributed by atoms with van der Waals surface area (Å²) in [5.74, 6) is 1.23. The SMILES string of the molecule is C[Si](C)=C1C2=CC=CC2=BC1C1C=CC=C1.[Cl-].[Cl-].[Zr+2]. The first-order valence-electron chi connectivity index (χ1n) is 5.90. The summed E-state index contributed by atoms with van der Waals surface area (Å²) >= 11 is 0. The molecule has 1 aliphatic heterocycles. The first kappa shape index (κ1) is 19.4. The minimum Gasteiger partial charge on any atom is -1.00 e. The van der Waals surface area contributed by atoms with Crippen molar-refractivity contribution in [1.82, 2.24) is 0 Å². The second-order valence-electron chi connectivity index (χ2n) is 4.85. The normalized spacial score (nSPS) is 21.8. The third kappa shape index (κ3) is 3.56. The van der Waals surface area contributed by atoms with E-state index in [0.717, 1.165) is 0 Å². The van der Waals surface area contributed by atoms with Crippen molar-refractivity contribution in [3.8, 4) is 0 Å². The molecule has 0 aromatic rings. The van der Waals surface area contributed by atoms with Crippen molar-refractivity contribution in [1.29, 1.82) is 0 Å². The standard InChI is InChI=1S/C14H15BSi.2ClH.Zr/c1-16(2)14-11-8-5-9-12(11)15-13(14)10-6-3-4-7-10;;;/h3-10,13H,1-2H3;2*1H;/q;;;+2/p-2. The van der Waals surface area contributed by atoms with Crippen LogP contribution in [0.4, 0.5) is 0 Å². The molecule has 0 aromatic carbocycles. The fourth-order valence-electron chi connectivity index (χ4n) is 2.88. The number of hydrogen-bond acceptors (Lipinski definition) is 0. The largest absolute Gasteiger partial charge is 2.00 e. The van der Waals surface area contributed by atoms with Crippen LogP contribution in [0.2, 0.25) is 18.9 Å². The molecule has 0 saturated heterocycles. The fourth-order valence-corrected chi connectivity index (χ4v) is 4.58. The van der Waals surface area contributed by atoms with E-state index in [4.69, 9.17) is 0 Å². The van der Waals surface area contributed by atoms with Crippen LogP contribution < -0.4 is 24.8 Å². The minimum atomic E-state index is -0.361. The molecule has 0 N–H and O–H groups in total. The van der Waals surface area contributed by atoms with Gasteiger partial charge in [-0.15, -0.1) is 0 Å². The van der Waals surface area contributed by atoms with Crippen LogP contribution in [-0.4, -0.2) is 26.0 Å². The molecule has 3 aliphatic rings. The van der Waals surface area contributed by atoms with E-state index in [2.05, 4.69) is 62.5 Å². The van der Waals surface area contributed by atoms with E-state index in [1.807, 2.05) is 0 Å². The predicted molar refractivity (Wildman–Crippen MR) is 76.0 cm³/mol. The second-order valence-corrected chi connectivity index (χ2v) is 7.39. The summed E-state index contributed by atoms with van der Waals surface area (Å²) in [6, 6.07) is 0. The number of rotatable bonds is 1. The van der Waals surface area contributed by atoms with Gasteiger partial charge < -0.3 is 24.8 Å². The van der Waals surface area contributed by atoms with E-state index in [-0.39, 0.29) is 59.4 Å². The van der Waals surface area contributed by atoms with Gasteiger partial charge in [-0.2, -0.15) is 0 Å². The molecule has 0 bridgehead atoms. The van der Waals surface area contributed by atoms with E-state index < -0.39 is 0 Å². The minimum absolute atomic E-state index is 0. The molecule has 0 amide bonds. The van der Waals surface area contributed by atoms with Gasteiger partial charge in [-0.1, -0.05) is 0 Å². The molecule has 0 radical (unpaired) electrons. The smallest absolute Gasteiger partial charge is 1.00 e. The molecule has 0 fully saturated rings. The van der Waals surface area contributed by atoms with Crippen LogP contribution in [0.15, 0.2) is 48.1 Å². The molecule has 19 heavy (non-hydrogen) atoms. The molecule has 3 rings (SSSR count). The van der Waals surface area contributed by atoms with Crippen LogP contribution in [0.25, 0.3) is 0 Å². The van der Waals surface area contributed by atoms with Gasteiger partial charge in [0.1, 0.15) is 0 Å². The maximum absolute atomic E-state index is 2.47. The monoisotopic (exact) mass is 382 g/mol. The fraction of sp³-hybridized carbons (Fsp3) is 0.286. The van der Waals surface area contributed by atoms with Crippen LogP contribution in [0.3, 0.4) is 0 Å². The maximum atomic E-state index is 2.47. The van der Waals surface area contributed by atoms with Crippen molar-refractivity contribution in [2.45, 2.75) is 18.9 Å². The Bertz CT molecular complexity index is 514. The molecule has 0 spiro atoms. The summed E-state index contributed by atoms with van der Waals surface area (Å²) in [5, 5.41) is 1.71. The summed E-state index contributed by atoms with van der Waals surface area (Å²) in [4.78, 5) is 0. The molecular formula is C14H15BCl2SiZr. The van der Waals surface area contributed by atoms with Gasteiger partial charge in [0.05, 0.1) is 0 Å². The Balaban J connectivity index is 0.00000108. The topological polar surface area (TPSA) is 0 Å². The molecule has 1 atom stereocenters. The zero-order valence-corrected chi connectivity index (χ0v) is 16.0. The number of allylic oxidation sites excluding steroid dienone is 8. The van der Waals surface area contributed by atoms with Gasteiger partial charge in [-0.25, -0.2) is 0 Å². The van der Waals surface area contributed by atoms with Crippen LogP contribution in [0, 0.1) is 5.92 Å². The average molecular weight is 384 g/mol. The molecule has 2 aliphatic carbocycles. The third-order valence-electron chi connectivity index (χ3n) is 3.56. The van der Waals surface area contributed by atoms with Gasteiger partial charge in [0.2, 0.25) is 0 Å². The molecule has 1 unspecified atom stereocenters. The van der Waals surface area contributed by atoms with Crippen molar-refractivity contribution >= 4 is 26.0 Å². The quantitative estimate of drug-likeness (QED) is 0.411. The predicted octanol–water partition coefficient (Wildman–Crippen LogP) is -3.58. The van der Waals surface area contributed by atoms with Crippen molar-refractivity contribution in [3.05, 3.63) is 48.1 Å². The Kier molecular flexibility index (Phi) is 8.21. The summed E-state index contributed by atoms with van der Waals surface area (Å²) in [6.07, 6.45) is 15.7. The summed E-state index contributed by atoms with van der Waals surface area (Å²) in [6.45, 7) is 7.28. The zero-order valence-electron chi connectivity index (χ0n) is 11.0. The zero-order chi connectivity index (χ0) is 11.1.